The van der Waals surface area contributed by atoms with Gasteiger partial charge in [0, 0.05) is 0 Å². The highest BCUT2D eigenvalue weighted by Gasteiger charge is 2.58. The second kappa shape index (κ2) is 6.99. The molecule has 0 unspecified atom stereocenters. The van der Waals surface area contributed by atoms with Gasteiger partial charge in [-0.2, -0.15) is 0 Å². The Morgan fingerprint density at radius 3 is 2.33 bits per heavy atom. The molecule has 3 aliphatic rings. The van der Waals surface area contributed by atoms with Gasteiger partial charge in [-0.3, -0.25) is 0 Å². The van der Waals surface area contributed by atoms with Crippen molar-refractivity contribution in [1.82, 2.24) is 0 Å². The number of hydrogen-bond acceptors (Lipinski definition) is 7. The summed E-state index contributed by atoms with van der Waals surface area (Å²) in [6, 6.07) is 7.79. The topological polar surface area (TPSA) is 64.6 Å². The van der Waals surface area contributed by atoms with E-state index in [-0.39, 0.29) is 24.4 Å². The first kappa shape index (κ1) is 19.1. The van der Waals surface area contributed by atoms with Crippen LogP contribution >= 0.6 is 0 Å². The molecule has 0 saturated carbocycles. The third kappa shape index (κ3) is 3.99. The van der Waals surface area contributed by atoms with Gasteiger partial charge in [0.1, 0.15) is 30.2 Å². The number of hydrogen-bond donors (Lipinski definition) is 0. The summed E-state index contributed by atoms with van der Waals surface area (Å²) in [4.78, 5) is 0. The molecule has 150 valence electrons. The molecule has 3 heterocycles. The number of ether oxygens (including phenoxy) is 7. The Kier molecular flexibility index (Phi) is 4.95. The molecule has 0 aromatic heterocycles. The molecule has 27 heavy (non-hydrogen) atoms. The van der Waals surface area contributed by atoms with Crippen LogP contribution in [0.25, 0.3) is 0 Å². The standard InChI is InChI=1S/C20H28O7/c1-19(2)23-11-14(25-19)15-16(17-18(24-15)27-20(3,4)26-17)22-10-12-6-8-13(21-5)9-7-12/h6-9,14-18H,10-11H2,1-5H3/t14-,15-,16+,17-,18+/m1/s1. The van der Waals surface area contributed by atoms with E-state index in [0.29, 0.717) is 13.2 Å². The largest absolute Gasteiger partial charge is 0.497 e. The molecule has 1 aromatic carbocycles. The van der Waals surface area contributed by atoms with Crippen molar-refractivity contribution in [2.75, 3.05) is 13.7 Å². The molecular formula is C20H28O7. The molecule has 0 amide bonds. The van der Waals surface area contributed by atoms with Crippen LogP contribution in [0.5, 0.6) is 5.75 Å². The molecule has 3 aliphatic heterocycles. The van der Waals surface area contributed by atoms with Gasteiger partial charge in [0.25, 0.3) is 0 Å². The Hall–Kier alpha value is -1.22. The lowest BCUT2D eigenvalue weighted by Crippen LogP contribution is -2.44. The lowest BCUT2D eigenvalue weighted by Gasteiger charge is -2.29. The average molecular weight is 380 g/mol. The molecule has 0 radical (unpaired) electrons. The van der Waals surface area contributed by atoms with Gasteiger partial charge < -0.3 is 33.2 Å². The molecule has 0 aliphatic carbocycles. The number of methoxy groups -OCH3 is 1. The summed E-state index contributed by atoms with van der Waals surface area (Å²) in [6.07, 6.45) is -1.66. The van der Waals surface area contributed by atoms with Gasteiger partial charge in [-0.05, 0) is 45.4 Å². The molecule has 7 nitrogen and oxygen atoms in total. The van der Waals surface area contributed by atoms with E-state index in [1.54, 1.807) is 7.11 Å². The van der Waals surface area contributed by atoms with Gasteiger partial charge in [0.15, 0.2) is 17.9 Å². The number of benzene rings is 1. The highest BCUT2D eigenvalue weighted by molar-refractivity contribution is 5.26. The number of fused-ring (bicyclic) bond motifs is 1. The van der Waals surface area contributed by atoms with Crippen LogP contribution in [0.2, 0.25) is 0 Å². The van der Waals surface area contributed by atoms with Crippen molar-refractivity contribution in [3.63, 3.8) is 0 Å². The predicted molar refractivity (Wildman–Crippen MR) is 95.2 cm³/mol. The first-order valence-electron chi connectivity index (χ1n) is 9.34. The molecule has 0 N–H and O–H groups in total. The third-order valence-electron chi connectivity index (χ3n) is 5.03. The van der Waals surface area contributed by atoms with E-state index in [1.165, 1.54) is 0 Å². The fraction of sp³-hybridized carbons (Fsp3) is 0.700. The Morgan fingerprint density at radius 1 is 0.963 bits per heavy atom. The maximum Gasteiger partial charge on any atom is 0.190 e. The van der Waals surface area contributed by atoms with E-state index in [1.807, 2.05) is 52.0 Å². The van der Waals surface area contributed by atoms with E-state index >= 15 is 0 Å². The van der Waals surface area contributed by atoms with Crippen LogP contribution < -0.4 is 4.74 Å². The highest BCUT2D eigenvalue weighted by Crippen LogP contribution is 2.42. The maximum atomic E-state index is 6.26. The van der Waals surface area contributed by atoms with Crippen LogP contribution in [0, 0.1) is 0 Å². The Morgan fingerprint density at radius 2 is 1.70 bits per heavy atom. The van der Waals surface area contributed by atoms with Crippen LogP contribution in [0.1, 0.15) is 33.3 Å². The summed E-state index contributed by atoms with van der Waals surface area (Å²) < 4.78 is 41.3. The lowest BCUT2D eigenvalue weighted by atomic mass is 10.1. The fourth-order valence-electron chi connectivity index (χ4n) is 3.78. The smallest absolute Gasteiger partial charge is 0.190 e. The van der Waals surface area contributed by atoms with Gasteiger partial charge in [0.2, 0.25) is 0 Å². The van der Waals surface area contributed by atoms with Gasteiger partial charge in [-0.1, -0.05) is 12.1 Å². The zero-order valence-electron chi connectivity index (χ0n) is 16.5. The molecule has 3 fully saturated rings. The first-order valence-corrected chi connectivity index (χ1v) is 9.34. The normalized spacial score (nSPS) is 36.7. The minimum absolute atomic E-state index is 0.234. The molecule has 0 spiro atoms. The van der Waals surface area contributed by atoms with E-state index in [2.05, 4.69) is 0 Å². The van der Waals surface area contributed by atoms with Gasteiger partial charge in [0.05, 0.1) is 20.3 Å². The second-order valence-electron chi connectivity index (χ2n) is 8.06. The van der Waals surface area contributed by atoms with Crippen LogP contribution in [-0.2, 0) is 35.0 Å². The van der Waals surface area contributed by atoms with Crippen molar-refractivity contribution in [2.24, 2.45) is 0 Å². The van der Waals surface area contributed by atoms with Crippen LogP contribution in [-0.4, -0.2) is 56.0 Å². The quantitative estimate of drug-likeness (QED) is 0.778. The first-order chi connectivity index (χ1) is 12.8. The molecule has 4 rings (SSSR count). The summed E-state index contributed by atoms with van der Waals surface area (Å²) in [7, 11) is 1.65. The van der Waals surface area contributed by atoms with Crippen molar-refractivity contribution in [3.05, 3.63) is 29.8 Å². The molecule has 5 atom stereocenters. The Labute approximate surface area is 159 Å². The fourth-order valence-corrected chi connectivity index (χ4v) is 3.78. The maximum absolute atomic E-state index is 6.26. The van der Waals surface area contributed by atoms with Gasteiger partial charge in [-0.15, -0.1) is 0 Å². The minimum atomic E-state index is -0.700. The molecule has 7 heteroatoms. The third-order valence-corrected chi connectivity index (χ3v) is 5.03. The van der Waals surface area contributed by atoms with Crippen LogP contribution in [0.3, 0.4) is 0 Å². The summed E-state index contributed by atoms with van der Waals surface area (Å²) in [5, 5.41) is 0. The van der Waals surface area contributed by atoms with E-state index in [0.717, 1.165) is 11.3 Å². The zero-order valence-corrected chi connectivity index (χ0v) is 16.5. The van der Waals surface area contributed by atoms with Crippen molar-refractivity contribution < 1.29 is 33.2 Å². The summed E-state index contributed by atoms with van der Waals surface area (Å²) >= 11 is 0. The molecule has 0 bridgehead atoms. The Balaban J connectivity index is 1.48. The van der Waals surface area contributed by atoms with Crippen LogP contribution in [0.4, 0.5) is 0 Å². The summed E-state index contributed by atoms with van der Waals surface area (Å²) in [6.45, 7) is 8.42. The summed E-state index contributed by atoms with van der Waals surface area (Å²) in [5.74, 6) is -0.518. The Bertz CT molecular complexity index is 657. The number of rotatable bonds is 5. The second-order valence-corrected chi connectivity index (χ2v) is 8.06. The monoisotopic (exact) mass is 380 g/mol. The molecule has 3 saturated heterocycles. The molecular weight excluding hydrogens is 352 g/mol. The van der Waals surface area contributed by atoms with Crippen molar-refractivity contribution in [1.29, 1.82) is 0 Å². The highest BCUT2D eigenvalue weighted by atomic mass is 16.8. The zero-order chi connectivity index (χ0) is 19.2. The average Bonchev–Trinajstić information content (AvgIpc) is 3.22. The summed E-state index contributed by atoms with van der Waals surface area (Å²) in [5.41, 5.74) is 1.04. The lowest BCUT2D eigenvalue weighted by molar-refractivity contribution is -0.236. The van der Waals surface area contributed by atoms with Crippen molar-refractivity contribution in [3.8, 4) is 5.75 Å². The SMILES string of the molecule is COc1ccc(CO[C@@H]2[C@H]3OC(C)(C)O[C@@H]3O[C@@H]2[C@H]2COC(C)(C)O2)cc1. The minimum Gasteiger partial charge on any atom is -0.497 e. The molecule has 1 aromatic rings. The van der Waals surface area contributed by atoms with Crippen molar-refractivity contribution >= 4 is 0 Å². The van der Waals surface area contributed by atoms with Crippen LogP contribution in [0.15, 0.2) is 24.3 Å². The van der Waals surface area contributed by atoms with E-state index in [4.69, 9.17) is 33.2 Å². The van der Waals surface area contributed by atoms with Crippen molar-refractivity contribution in [2.45, 2.75) is 76.6 Å². The predicted octanol–water partition coefficient (Wildman–Crippen LogP) is 2.61. The van der Waals surface area contributed by atoms with Gasteiger partial charge >= 0.3 is 0 Å². The van der Waals surface area contributed by atoms with E-state index in [9.17, 15) is 0 Å². The van der Waals surface area contributed by atoms with Gasteiger partial charge in [-0.25, -0.2) is 0 Å². The van der Waals surface area contributed by atoms with E-state index < -0.39 is 17.9 Å².